The first kappa shape index (κ1) is 16.3. The molecule has 1 aromatic rings. The van der Waals surface area contributed by atoms with Gasteiger partial charge in [0.05, 0.1) is 18.0 Å². The second-order valence-corrected chi connectivity index (χ2v) is 8.19. The minimum absolute atomic E-state index is 0.0548. The first-order valence-electron chi connectivity index (χ1n) is 7.98. The van der Waals surface area contributed by atoms with Crippen LogP contribution in [-0.2, 0) is 17.1 Å². The van der Waals surface area contributed by atoms with E-state index < -0.39 is 10.0 Å². The summed E-state index contributed by atoms with van der Waals surface area (Å²) in [6.07, 6.45) is 6.30. The van der Waals surface area contributed by atoms with Crippen molar-refractivity contribution in [2.75, 3.05) is 31.9 Å². The van der Waals surface area contributed by atoms with Crippen LogP contribution in [0.15, 0.2) is 12.4 Å². The molecule has 2 amide bonds. The molecule has 3 rings (SSSR count). The highest BCUT2D eigenvalue weighted by Gasteiger charge is 2.31. The van der Waals surface area contributed by atoms with Gasteiger partial charge in [-0.25, -0.2) is 17.5 Å². The molecule has 0 radical (unpaired) electrons. The molecule has 0 bridgehead atoms. The smallest absolute Gasteiger partial charge is 0.317 e. The molecule has 0 unspecified atom stereocenters. The summed E-state index contributed by atoms with van der Waals surface area (Å²) < 4.78 is 26.6. The van der Waals surface area contributed by atoms with Crippen LogP contribution in [0.5, 0.6) is 0 Å². The number of sulfonamides is 1. The van der Waals surface area contributed by atoms with Crippen LogP contribution in [0.3, 0.4) is 0 Å². The highest BCUT2D eigenvalue weighted by molar-refractivity contribution is 7.89. The zero-order valence-electron chi connectivity index (χ0n) is 13.3. The molecule has 0 aliphatic carbocycles. The van der Waals surface area contributed by atoms with E-state index in [4.69, 9.17) is 0 Å². The van der Waals surface area contributed by atoms with Crippen LogP contribution in [0.4, 0.5) is 4.79 Å². The number of urea groups is 1. The van der Waals surface area contributed by atoms with Gasteiger partial charge < -0.3 is 10.2 Å². The molecular weight excluding hydrogens is 318 g/mol. The molecule has 0 spiro atoms. The third-order valence-corrected chi connectivity index (χ3v) is 6.42. The molecule has 23 heavy (non-hydrogen) atoms. The zero-order chi connectivity index (χ0) is 16.4. The number of nitrogens with one attached hydrogen (secondary N) is 1. The van der Waals surface area contributed by atoms with Crippen LogP contribution >= 0.6 is 0 Å². The standard InChI is InChI=1S/C14H23N5O3S/c1-17-11-12(10-16-17)13-4-2-7-19(13)14(20)15-5-8-18-6-3-9-23(18,21)22/h10-11,13H,2-9H2,1H3,(H,15,20)/t13-/m0/s1. The van der Waals surface area contributed by atoms with Crippen molar-refractivity contribution in [2.45, 2.75) is 25.3 Å². The topological polar surface area (TPSA) is 87.5 Å². The molecule has 8 nitrogen and oxygen atoms in total. The van der Waals surface area contributed by atoms with E-state index in [9.17, 15) is 13.2 Å². The average Bonchev–Trinajstić information content (AvgIpc) is 3.19. The SMILES string of the molecule is Cn1cc([C@@H]2CCCN2C(=O)NCCN2CCCS2(=O)=O)cn1. The number of rotatable bonds is 4. The molecule has 1 N–H and O–H groups in total. The Kier molecular flexibility index (Phi) is 4.58. The van der Waals surface area contributed by atoms with Gasteiger partial charge in [-0.3, -0.25) is 4.68 Å². The van der Waals surface area contributed by atoms with Crippen LogP contribution < -0.4 is 5.32 Å². The fraction of sp³-hybridized carbons (Fsp3) is 0.714. The van der Waals surface area contributed by atoms with E-state index in [1.807, 2.05) is 18.1 Å². The Bertz CT molecular complexity index is 672. The number of carbonyl (C=O) groups is 1. The number of aryl methyl sites for hydroxylation is 1. The number of hydrogen-bond donors (Lipinski definition) is 1. The quantitative estimate of drug-likeness (QED) is 0.853. The highest BCUT2D eigenvalue weighted by atomic mass is 32.2. The van der Waals surface area contributed by atoms with Crippen molar-refractivity contribution in [2.24, 2.45) is 7.05 Å². The van der Waals surface area contributed by atoms with Crippen molar-refractivity contribution in [3.63, 3.8) is 0 Å². The molecule has 0 aromatic carbocycles. The molecule has 2 saturated heterocycles. The lowest BCUT2D eigenvalue weighted by atomic mass is 10.1. The van der Waals surface area contributed by atoms with Gasteiger partial charge in [-0.2, -0.15) is 5.10 Å². The third kappa shape index (κ3) is 3.50. The summed E-state index contributed by atoms with van der Waals surface area (Å²) in [5.74, 6) is 0.218. The van der Waals surface area contributed by atoms with Gasteiger partial charge in [0.15, 0.2) is 0 Å². The Balaban J connectivity index is 1.53. The van der Waals surface area contributed by atoms with Gasteiger partial charge in [0.25, 0.3) is 0 Å². The van der Waals surface area contributed by atoms with Gasteiger partial charge in [-0.15, -0.1) is 0 Å². The molecule has 128 valence electrons. The van der Waals surface area contributed by atoms with Crippen molar-refractivity contribution < 1.29 is 13.2 Å². The van der Waals surface area contributed by atoms with Crippen molar-refractivity contribution >= 4 is 16.1 Å². The number of hydrogen-bond acceptors (Lipinski definition) is 4. The molecule has 2 aliphatic rings. The van der Waals surface area contributed by atoms with Crippen LogP contribution in [0.2, 0.25) is 0 Å². The molecule has 1 aromatic heterocycles. The van der Waals surface area contributed by atoms with Gasteiger partial charge in [-0.05, 0) is 19.3 Å². The number of aromatic nitrogens is 2. The van der Waals surface area contributed by atoms with E-state index in [2.05, 4.69) is 10.4 Å². The molecule has 0 saturated carbocycles. The summed E-state index contributed by atoms with van der Waals surface area (Å²) in [6.45, 7) is 1.96. The number of likely N-dealkylation sites (tertiary alicyclic amines) is 1. The van der Waals surface area contributed by atoms with Gasteiger partial charge in [-0.1, -0.05) is 0 Å². The minimum atomic E-state index is -3.10. The van der Waals surface area contributed by atoms with Gasteiger partial charge in [0.2, 0.25) is 10.0 Å². The fourth-order valence-electron chi connectivity index (χ4n) is 3.30. The van der Waals surface area contributed by atoms with Crippen LogP contribution in [0.25, 0.3) is 0 Å². The lowest BCUT2D eigenvalue weighted by Gasteiger charge is -2.24. The zero-order valence-corrected chi connectivity index (χ0v) is 14.1. The maximum absolute atomic E-state index is 12.4. The van der Waals surface area contributed by atoms with Crippen molar-refractivity contribution in [3.8, 4) is 0 Å². The first-order chi connectivity index (χ1) is 11.0. The van der Waals surface area contributed by atoms with E-state index in [1.165, 1.54) is 4.31 Å². The maximum atomic E-state index is 12.4. The Morgan fingerprint density at radius 2 is 2.22 bits per heavy atom. The molecule has 2 aliphatic heterocycles. The summed E-state index contributed by atoms with van der Waals surface area (Å²) in [5.41, 5.74) is 1.04. The largest absolute Gasteiger partial charge is 0.337 e. The lowest BCUT2D eigenvalue weighted by molar-refractivity contribution is 0.192. The second-order valence-electron chi connectivity index (χ2n) is 6.10. The molecule has 1 atom stereocenters. The number of amides is 2. The summed E-state index contributed by atoms with van der Waals surface area (Å²) in [5, 5.41) is 7.02. The minimum Gasteiger partial charge on any atom is -0.337 e. The molecule has 9 heteroatoms. The van der Waals surface area contributed by atoms with Crippen molar-refractivity contribution in [3.05, 3.63) is 18.0 Å². The van der Waals surface area contributed by atoms with Crippen LogP contribution in [0, 0.1) is 0 Å². The van der Waals surface area contributed by atoms with Gasteiger partial charge in [0.1, 0.15) is 0 Å². The van der Waals surface area contributed by atoms with E-state index in [0.29, 0.717) is 32.6 Å². The summed E-state index contributed by atoms with van der Waals surface area (Å²) in [6, 6.07) is -0.0767. The maximum Gasteiger partial charge on any atom is 0.317 e. The second kappa shape index (κ2) is 6.48. The normalized spacial score (nSPS) is 24.2. The monoisotopic (exact) mass is 341 g/mol. The Labute approximate surface area is 136 Å². The molecule has 2 fully saturated rings. The van der Waals surface area contributed by atoms with Gasteiger partial charge >= 0.3 is 6.03 Å². The Morgan fingerprint density at radius 3 is 2.87 bits per heavy atom. The highest BCUT2D eigenvalue weighted by Crippen LogP contribution is 2.31. The van der Waals surface area contributed by atoms with E-state index in [0.717, 1.165) is 18.4 Å². The summed E-state index contributed by atoms with van der Waals surface area (Å²) >= 11 is 0. The lowest BCUT2D eigenvalue weighted by Crippen LogP contribution is -2.43. The molecular formula is C14H23N5O3S. The fourth-order valence-corrected chi connectivity index (χ4v) is 4.83. The predicted octanol–water partition coefficient (Wildman–Crippen LogP) is 0.302. The average molecular weight is 341 g/mol. The van der Waals surface area contributed by atoms with Crippen LogP contribution in [0.1, 0.15) is 30.9 Å². The van der Waals surface area contributed by atoms with E-state index in [1.54, 1.807) is 10.9 Å². The Morgan fingerprint density at radius 1 is 1.39 bits per heavy atom. The van der Waals surface area contributed by atoms with Gasteiger partial charge in [0, 0.05) is 45.0 Å². The molecule has 3 heterocycles. The number of nitrogens with zero attached hydrogens (tertiary/aromatic N) is 4. The summed E-state index contributed by atoms with van der Waals surface area (Å²) in [7, 11) is -1.24. The Hall–Kier alpha value is -1.61. The number of carbonyl (C=O) groups excluding carboxylic acids is 1. The predicted molar refractivity (Wildman–Crippen MR) is 85.3 cm³/mol. The third-order valence-electron chi connectivity index (χ3n) is 4.46. The van der Waals surface area contributed by atoms with E-state index >= 15 is 0 Å². The van der Waals surface area contributed by atoms with E-state index in [-0.39, 0.29) is 17.8 Å². The van der Waals surface area contributed by atoms with Crippen molar-refractivity contribution in [1.82, 2.24) is 24.3 Å². The first-order valence-corrected chi connectivity index (χ1v) is 9.59. The van der Waals surface area contributed by atoms with Crippen molar-refractivity contribution in [1.29, 1.82) is 0 Å². The van der Waals surface area contributed by atoms with Crippen LogP contribution in [-0.4, -0.2) is 65.4 Å². The summed E-state index contributed by atoms with van der Waals surface area (Å²) in [4.78, 5) is 14.2.